The number of sulfone groups is 1. The molecule has 2 fully saturated rings. The fourth-order valence-electron chi connectivity index (χ4n) is 3.31. The maximum absolute atomic E-state index is 12.4. The summed E-state index contributed by atoms with van der Waals surface area (Å²) in [4.78, 5) is 14.8. The smallest absolute Gasteiger partial charge is 0.246 e. The number of hydrogen-bond acceptors (Lipinski definition) is 5. The molecule has 2 aliphatic rings. The monoisotopic (exact) mass is 341 g/mol. The molecule has 1 aromatic heterocycles. The van der Waals surface area contributed by atoms with Gasteiger partial charge in [-0.3, -0.25) is 4.79 Å². The number of amides is 1. The van der Waals surface area contributed by atoms with Gasteiger partial charge in [-0.1, -0.05) is 6.07 Å². The molecule has 5 nitrogen and oxygen atoms in total. The van der Waals surface area contributed by atoms with Gasteiger partial charge in [0.1, 0.15) is 4.75 Å². The molecule has 22 heavy (non-hydrogen) atoms. The van der Waals surface area contributed by atoms with Gasteiger partial charge in [-0.15, -0.1) is 11.3 Å². The van der Waals surface area contributed by atoms with Crippen LogP contribution in [-0.4, -0.2) is 56.5 Å². The Morgan fingerprint density at radius 2 is 2.32 bits per heavy atom. The number of likely N-dealkylation sites (tertiary alicyclic amines) is 1. The molecule has 2 aliphatic heterocycles. The molecule has 0 N–H and O–H groups in total. The van der Waals surface area contributed by atoms with Crippen LogP contribution in [-0.2, 0) is 19.4 Å². The summed E-state index contributed by atoms with van der Waals surface area (Å²) < 4.78 is 29.1. The predicted molar refractivity (Wildman–Crippen MR) is 86.4 cm³/mol. The van der Waals surface area contributed by atoms with Crippen molar-refractivity contribution in [1.29, 1.82) is 0 Å². The standard InChI is InChI=1S/C15H19NO4S2/c1-20-9-12-6-8-22(18,19)15(12)10-16(11-15)14(17)5-4-13-3-2-7-21-13/h2-5,7,12H,6,8-11H2,1H3/b5-4+/t12-/m1/s1. The van der Waals surface area contributed by atoms with Crippen molar-refractivity contribution in [2.24, 2.45) is 5.92 Å². The first-order chi connectivity index (χ1) is 10.5. The van der Waals surface area contributed by atoms with Crippen LogP contribution in [0.1, 0.15) is 11.3 Å². The number of thiophene rings is 1. The SMILES string of the molecule is COC[C@H]1CCS(=O)(=O)C12CN(C(=O)/C=C/c1cccs1)C2. The van der Waals surface area contributed by atoms with Crippen LogP contribution in [0.5, 0.6) is 0 Å². The van der Waals surface area contributed by atoms with Crippen LogP contribution in [0.2, 0.25) is 0 Å². The first-order valence-corrected chi connectivity index (χ1v) is 9.73. The molecular weight excluding hydrogens is 322 g/mol. The van der Waals surface area contributed by atoms with Crippen molar-refractivity contribution in [3.8, 4) is 0 Å². The van der Waals surface area contributed by atoms with Crippen molar-refractivity contribution in [2.45, 2.75) is 11.2 Å². The van der Waals surface area contributed by atoms with Crippen LogP contribution in [0.25, 0.3) is 6.08 Å². The molecule has 0 aliphatic carbocycles. The molecule has 1 spiro atoms. The van der Waals surface area contributed by atoms with Crippen LogP contribution in [0.15, 0.2) is 23.6 Å². The van der Waals surface area contributed by atoms with E-state index in [1.165, 1.54) is 6.08 Å². The van der Waals surface area contributed by atoms with Gasteiger partial charge >= 0.3 is 0 Å². The normalized spacial score (nSPS) is 25.7. The van der Waals surface area contributed by atoms with E-state index >= 15 is 0 Å². The van der Waals surface area contributed by atoms with Crippen LogP contribution in [0.4, 0.5) is 0 Å². The lowest BCUT2D eigenvalue weighted by Gasteiger charge is -2.49. The second kappa shape index (κ2) is 5.79. The Balaban J connectivity index is 1.68. The average molecular weight is 341 g/mol. The van der Waals surface area contributed by atoms with Gasteiger partial charge in [0.05, 0.1) is 12.4 Å². The van der Waals surface area contributed by atoms with Crippen molar-refractivity contribution in [2.75, 3.05) is 32.6 Å². The first-order valence-electron chi connectivity index (χ1n) is 7.20. The van der Waals surface area contributed by atoms with E-state index in [0.29, 0.717) is 13.0 Å². The van der Waals surface area contributed by atoms with Crippen LogP contribution in [0, 0.1) is 5.92 Å². The number of ether oxygens (including phenoxy) is 1. The molecule has 3 rings (SSSR count). The number of hydrogen-bond donors (Lipinski definition) is 0. The summed E-state index contributed by atoms with van der Waals surface area (Å²) in [6.07, 6.45) is 3.92. The van der Waals surface area contributed by atoms with Gasteiger partial charge < -0.3 is 9.64 Å². The lowest BCUT2D eigenvalue weighted by Crippen LogP contribution is -2.68. The average Bonchev–Trinajstić information content (AvgIpc) is 3.01. The third-order valence-electron chi connectivity index (χ3n) is 4.63. The number of carbonyl (C=O) groups excluding carboxylic acids is 1. The van der Waals surface area contributed by atoms with Crippen LogP contribution >= 0.6 is 11.3 Å². The molecule has 0 aromatic carbocycles. The van der Waals surface area contributed by atoms with E-state index < -0.39 is 14.6 Å². The largest absolute Gasteiger partial charge is 0.384 e. The van der Waals surface area contributed by atoms with Crippen LogP contribution < -0.4 is 0 Å². The second-order valence-corrected chi connectivity index (χ2v) is 9.30. The summed E-state index contributed by atoms with van der Waals surface area (Å²) in [6, 6.07) is 3.86. The first kappa shape index (κ1) is 15.7. The molecular formula is C15H19NO4S2. The maximum Gasteiger partial charge on any atom is 0.246 e. The molecule has 2 saturated heterocycles. The van der Waals surface area contributed by atoms with E-state index in [1.807, 2.05) is 17.5 Å². The molecule has 1 amide bonds. The summed E-state index contributed by atoms with van der Waals surface area (Å²) in [5, 5.41) is 1.95. The van der Waals surface area contributed by atoms with Crippen LogP contribution in [0.3, 0.4) is 0 Å². The Bertz CT molecular complexity index is 672. The molecule has 7 heteroatoms. The Hall–Kier alpha value is -1.18. The highest BCUT2D eigenvalue weighted by molar-refractivity contribution is 7.93. The topological polar surface area (TPSA) is 63.7 Å². The summed E-state index contributed by atoms with van der Waals surface area (Å²) in [6.45, 7) is 1.01. The zero-order valence-corrected chi connectivity index (χ0v) is 14.0. The van der Waals surface area contributed by atoms with Crippen molar-refractivity contribution < 1.29 is 17.9 Å². The zero-order valence-electron chi connectivity index (χ0n) is 12.4. The maximum atomic E-state index is 12.4. The predicted octanol–water partition coefficient (Wildman–Crippen LogP) is 1.42. The van der Waals surface area contributed by atoms with Gasteiger partial charge in [0.2, 0.25) is 5.91 Å². The van der Waals surface area contributed by atoms with Gasteiger partial charge in [0.15, 0.2) is 9.84 Å². The van der Waals surface area contributed by atoms with Gasteiger partial charge in [-0.2, -0.15) is 0 Å². The van der Waals surface area contributed by atoms with Crippen molar-refractivity contribution in [1.82, 2.24) is 4.90 Å². The Labute approximate surface area is 134 Å². The number of methoxy groups -OCH3 is 1. The molecule has 1 atom stereocenters. The summed E-state index contributed by atoms with van der Waals surface area (Å²) in [5.74, 6) is 0.0683. The van der Waals surface area contributed by atoms with Gasteiger partial charge in [-0.25, -0.2) is 8.42 Å². The Morgan fingerprint density at radius 3 is 2.95 bits per heavy atom. The van der Waals surface area contributed by atoms with E-state index in [2.05, 4.69) is 0 Å². The minimum atomic E-state index is -3.14. The number of rotatable bonds is 4. The van der Waals surface area contributed by atoms with E-state index in [0.717, 1.165) is 4.88 Å². The van der Waals surface area contributed by atoms with Crippen molar-refractivity contribution in [3.05, 3.63) is 28.5 Å². The van der Waals surface area contributed by atoms with E-state index in [1.54, 1.807) is 29.4 Å². The summed E-state index contributed by atoms with van der Waals surface area (Å²) in [5.41, 5.74) is 0. The summed E-state index contributed by atoms with van der Waals surface area (Å²) in [7, 11) is -1.55. The highest BCUT2D eigenvalue weighted by Gasteiger charge is 2.62. The molecule has 3 heterocycles. The Kier molecular flexibility index (Phi) is 4.13. The summed E-state index contributed by atoms with van der Waals surface area (Å²) >= 11 is 1.56. The van der Waals surface area contributed by atoms with E-state index in [-0.39, 0.29) is 30.7 Å². The number of carbonyl (C=O) groups is 1. The molecule has 0 saturated carbocycles. The fourth-order valence-corrected chi connectivity index (χ4v) is 6.33. The minimum Gasteiger partial charge on any atom is -0.384 e. The lowest BCUT2D eigenvalue weighted by molar-refractivity contribution is -0.132. The van der Waals surface area contributed by atoms with Gasteiger partial charge in [0.25, 0.3) is 0 Å². The fraction of sp³-hybridized carbons (Fsp3) is 0.533. The van der Waals surface area contributed by atoms with Gasteiger partial charge in [-0.05, 0) is 23.9 Å². The van der Waals surface area contributed by atoms with E-state index in [9.17, 15) is 13.2 Å². The minimum absolute atomic E-state index is 0.00664. The molecule has 0 radical (unpaired) electrons. The molecule has 1 aromatic rings. The lowest BCUT2D eigenvalue weighted by atomic mass is 9.83. The van der Waals surface area contributed by atoms with E-state index in [4.69, 9.17) is 4.74 Å². The highest BCUT2D eigenvalue weighted by Crippen LogP contribution is 2.44. The quantitative estimate of drug-likeness (QED) is 0.777. The van der Waals surface area contributed by atoms with Crippen molar-refractivity contribution >= 4 is 33.2 Å². The third kappa shape index (κ3) is 2.51. The molecule has 120 valence electrons. The molecule has 0 bridgehead atoms. The number of nitrogens with zero attached hydrogens (tertiary/aromatic N) is 1. The highest BCUT2D eigenvalue weighted by atomic mass is 32.2. The van der Waals surface area contributed by atoms with Crippen molar-refractivity contribution in [3.63, 3.8) is 0 Å². The Morgan fingerprint density at radius 1 is 1.55 bits per heavy atom. The zero-order chi connectivity index (χ0) is 15.8. The third-order valence-corrected chi connectivity index (χ3v) is 8.07. The second-order valence-electron chi connectivity index (χ2n) is 5.87. The van der Waals surface area contributed by atoms with Gasteiger partial charge in [0, 0.05) is 37.1 Å². The molecule has 0 unspecified atom stereocenters.